The van der Waals surface area contributed by atoms with E-state index in [-0.39, 0.29) is 0 Å². The van der Waals surface area contributed by atoms with Crippen LogP contribution in [0, 0.1) is 0 Å². The van der Waals surface area contributed by atoms with Crippen LogP contribution in [0.5, 0.6) is 0 Å². The molecule has 0 N–H and O–H groups in total. The van der Waals surface area contributed by atoms with Crippen LogP contribution in [0.3, 0.4) is 0 Å². The zero-order chi connectivity index (χ0) is 6.78. The molecule has 0 aromatic heterocycles. The quantitative estimate of drug-likeness (QED) is 0.546. The zero-order valence-corrected chi connectivity index (χ0v) is 9.12. The third-order valence-corrected chi connectivity index (χ3v) is 8.75. The van der Waals surface area contributed by atoms with Gasteiger partial charge in [0.05, 0.1) is 0 Å². The van der Waals surface area contributed by atoms with Crippen LogP contribution >= 0.6 is 41.6 Å². The molecule has 1 unspecified atom stereocenters. The van der Waals surface area contributed by atoms with Crippen LogP contribution in [0.25, 0.3) is 0 Å². The molecule has 0 amide bonds. The van der Waals surface area contributed by atoms with E-state index in [0.29, 0.717) is 0 Å². The summed E-state index contributed by atoms with van der Waals surface area (Å²) in [5.74, 6) is 0. The van der Waals surface area contributed by atoms with E-state index in [1.54, 1.807) is 0 Å². The van der Waals surface area contributed by atoms with Gasteiger partial charge in [-0.3, -0.25) is 0 Å². The molecule has 0 radical (unpaired) electrons. The number of hydrogen-bond donors (Lipinski definition) is 0. The van der Waals surface area contributed by atoms with E-state index in [1.807, 2.05) is 0 Å². The standard InChI is InChI=1S/C2H4Cl4GeO/c1-8-2(3)7(4,5)6/h2H,1H3. The molecule has 0 heterocycles. The average molecular weight is 258 g/mol. The Kier molecular flexibility index (Phi) is 4.52. The molecule has 6 heteroatoms. The fraction of sp³-hybridized carbons (Fsp3) is 1.00. The molecule has 0 saturated heterocycles. The topological polar surface area (TPSA) is 9.23 Å². The summed E-state index contributed by atoms with van der Waals surface area (Å²) in [5, 5.41) is 0. The second-order valence-corrected chi connectivity index (χ2v) is 17.9. The summed E-state index contributed by atoms with van der Waals surface area (Å²) in [5.41, 5.74) is 0. The number of halogens is 4. The first kappa shape index (κ1) is 9.66. The maximum absolute atomic E-state index is 5.45. The molecular formula is C2H4Cl4GeO. The predicted octanol–water partition coefficient (Wildman–Crippen LogP) is 2.39. The molecule has 0 saturated carbocycles. The minimum atomic E-state index is -3.24. The van der Waals surface area contributed by atoms with Crippen molar-refractivity contribution in [3.63, 3.8) is 0 Å². The van der Waals surface area contributed by atoms with Crippen LogP contribution in [-0.2, 0) is 4.74 Å². The van der Waals surface area contributed by atoms with Gasteiger partial charge in [0.15, 0.2) is 0 Å². The fourth-order valence-electron chi connectivity index (χ4n) is 0.134. The van der Waals surface area contributed by atoms with Gasteiger partial charge in [-0.25, -0.2) is 0 Å². The Bertz CT molecular complexity index is 70.9. The Morgan fingerprint density at radius 1 is 1.38 bits per heavy atom. The summed E-state index contributed by atoms with van der Waals surface area (Å²) in [6.45, 7) is 0. The van der Waals surface area contributed by atoms with Gasteiger partial charge < -0.3 is 0 Å². The van der Waals surface area contributed by atoms with Gasteiger partial charge in [0.2, 0.25) is 0 Å². The van der Waals surface area contributed by atoms with Crippen LogP contribution in [0.15, 0.2) is 0 Å². The van der Waals surface area contributed by atoms with Crippen LogP contribution in [-0.4, -0.2) is 22.0 Å². The fourth-order valence-corrected chi connectivity index (χ4v) is 2.08. The van der Waals surface area contributed by atoms with Crippen molar-refractivity contribution in [3.05, 3.63) is 0 Å². The molecule has 0 aromatic rings. The first-order valence-corrected chi connectivity index (χ1v) is 11.6. The summed E-state index contributed by atoms with van der Waals surface area (Å²) in [6, 6.07) is 0. The van der Waals surface area contributed by atoms with Gasteiger partial charge in [0.25, 0.3) is 0 Å². The van der Waals surface area contributed by atoms with E-state index in [0.717, 1.165) is 0 Å². The van der Waals surface area contributed by atoms with E-state index >= 15 is 0 Å². The number of ether oxygens (including phenoxy) is 1. The zero-order valence-electron chi connectivity index (χ0n) is 4.00. The van der Waals surface area contributed by atoms with Crippen molar-refractivity contribution in [2.24, 2.45) is 0 Å². The third-order valence-electron chi connectivity index (χ3n) is 0.464. The molecule has 1 nitrogen and oxygen atoms in total. The van der Waals surface area contributed by atoms with E-state index in [1.165, 1.54) is 7.11 Å². The molecule has 1 atom stereocenters. The molecule has 0 aliphatic rings. The van der Waals surface area contributed by atoms with Crippen molar-refractivity contribution in [1.29, 1.82) is 0 Å². The number of hydrogen-bond acceptors (Lipinski definition) is 1. The third kappa shape index (κ3) is 3.64. The number of methoxy groups -OCH3 is 1. The molecule has 0 fully saturated rings. The van der Waals surface area contributed by atoms with Crippen LogP contribution in [0.2, 0.25) is 0 Å². The predicted molar refractivity (Wildman–Crippen MR) is 40.0 cm³/mol. The maximum atomic E-state index is 5.45. The second kappa shape index (κ2) is 3.74. The van der Waals surface area contributed by atoms with Gasteiger partial charge in [-0.1, -0.05) is 0 Å². The van der Waals surface area contributed by atoms with Gasteiger partial charge in [-0.05, 0) is 0 Å². The second-order valence-electron chi connectivity index (χ2n) is 1.09. The molecule has 0 aliphatic carbocycles. The van der Waals surface area contributed by atoms with Gasteiger partial charge in [0, 0.05) is 0 Å². The summed E-state index contributed by atoms with van der Waals surface area (Å²) < 4.78 is 3.87. The van der Waals surface area contributed by atoms with E-state index in [2.05, 4.69) is 4.74 Å². The van der Waals surface area contributed by atoms with E-state index in [9.17, 15) is 0 Å². The van der Waals surface area contributed by atoms with Crippen molar-refractivity contribution >= 4 is 52.1 Å². The normalized spacial score (nSPS) is 16.1. The SMILES string of the molecule is CO[CH](Cl)[Ge]([Cl])([Cl])[Cl]. The molecule has 50 valence electrons. The molecule has 8 heavy (non-hydrogen) atoms. The summed E-state index contributed by atoms with van der Waals surface area (Å²) in [6.07, 6.45) is 0. The van der Waals surface area contributed by atoms with Crippen LogP contribution in [0.4, 0.5) is 0 Å². The van der Waals surface area contributed by atoms with Crippen LogP contribution in [0.1, 0.15) is 0 Å². The van der Waals surface area contributed by atoms with Crippen molar-refractivity contribution in [3.8, 4) is 0 Å². The molecule has 0 rings (SSSR count). The average Bonchev–Trinajstić information content (AvgIpc) is 1.62. The Labute approximate surface area is 68.1 Å². The number of alkyl halides is 1. The molecule has 0 aromatic carbocycles. The molecule has 0 spiro atoms. The minimum absolute atomic E-state index is 0.694. The first-order valence-electron chi connectivity index (χ1n) is 1.72. The van der Waals surface area contributed by atoms with E-state index < -0.39 is 14.9 Å². The van der Waals surface area contributed by atoms with Crippen molar-refractivity contribution in [1.82, 2.24) is 0 Å². The van der Waals surface area contributed by atoms with Crippen molar-refractivity contribution < 1.29 is 4.74 Å². The van der Waals surface area contributed by atoms with Crippen molar-refractivity contribution in [2.45, 2.75) is 4.40 Å². The first-order chi connectivity index (χ1) is 3.48. The number of rotatable bonds is 2. The molecule has 0 aliphatic heterocycles. The Morgan fingerprint density at radius 2 is 1.75 bits per heavy atom. The Hall–Kier alpha value is 1.66. The summed E-state index contributed by atoms with van der Waals surface area (Å²) >= 11 is 5.41. The van der Waals surface area contributed by atoms with Gasteiger partial charge in [0.1, 0.15) is 0 Å². The van der Waals surface area contributed by atoms with Gasteiger partial charge in [-0.15, -0.1) is 0 Å². The van der Waals surface area contributed by atoms with Gasteiger partial charge >= 0.3 is 68.4 Å². The van der Waals surface area contributed by atoms with Crippen molar-refractivity contribution in [2.75, 3.05) is 7.11 Å². The Morgan fingerprint density at radius 3 is 1.75 bits per heavy atom. The Balaban J connectivity index is 3.62. The van der Waals surface area contributed by atoms with Gasteiger partial charge in [-0.2, -0.15) is 0 Å². The van der Waals surface area contributed by atoms with E-state index in [4.69, 9.17) is 41.6 Å². The van der Waals surface area contributed by atoms with Crippen LogP contribution < -0.4 is 0 Å². The molecular weight excluding hydrogens is 254 g/mol. The molecule has 0 bridgehead atoms. The summed E-state index contributed by atoms with van der Waals surface area (Å²) in [7, 11) is 14.5. The monoisotopic (exact) mass is 258 g/mol. The summed E-state index contributed by atoms with van der Waals surface area (Å²) in [4.78, 5) is 0.